The van der Waals surface area contributed by atoms with Gasteiger partial charge in [0.25, 0.3) is 0 Å². The van der Waals surface area contributed by atoms with Crippen LogP contribution in [0.25, 0.3) is 11.4 Å². The summed E-state index contributed by atoms with van der Waals surface area (Å²) < 4.78 is 22.7. The molecule has 2 atom stereocenters. The van der Waals surface area contributed by atoms with Crippen molar-refractivity contribution in [2.75, 3.05) is 6.61 Å². The van der Waals surface area contributed by atoms with Gasteiger partial charge in [-0.05, 0) is 51.0 Å². The Morgan fingerprint density at radius 2 is 1.61 bits per heavy atom. The Bertz CT molecular complexity index is 867. The van der Waals surface area contributed by atoms with Crippen LogP contribution in [0.3, 0.4) is 0 Å². The number of aromatic nitrogens is 2. The highest BCUT2D eigenvalue weighted by molar-refractivity contribution is 5.78. The van der Waals surface area contributed by atoms with Crippen LogP contribution < -0.4 is 9.47 Å². The third-order valence-corrected chi connectivity index (χ3v) is 5.54. The molecule has 3 rings (SSSR count). The lowest BCUT2D eigenvalue weighted by atomic mass is 10.1. The monoisotopic (exact) mass is 456 g/mol. The molecule has 2 aromatic rings. The van der Waals surface area contributed by atoms with Gasteiger partial charge in [-0.2, -0.15) is 0 Å². The van der Waals surface area contributed by atoms with Crippen molar-refractivity contribution in [1.82, 2.24) is 9.97 Å². The first-order valence-electron chi connectivity index (χ1n) is 12.0. The van der Waals surface area contributed by atoms with Crippen LogP contribution in [0.4, 0.5) is 0 Å². The van der Waals surface area contributed by atoms with Crippen LogP contribution in [0.2, 0.25) is 0 Å². The zero-order chi connectivity index (χ0) is 23.7. The van der Waals surface area contributed by atoms with E-state index in [9.17, 15) is 4.79 Å². The third-order valence-electron chi connectivity index (χ3n) is 5.54. The fraction of sp³-hybridized carbons (Fsp3) is 0.577. The maximum atomic E-state index is 12.5. The van der Waals surface area contributed by atoms with Crippen molar-refractivity contribution in [3.8, 4) is 22.9 Å². The van der Waals surface area contributed by atoms with E-state index in [0.717, 1.165) is 24.3 Å². The van der Waals surface area contributed by atoms with Gasteiger partial charge >= 0.3 is 5.97 Å². The van der Waals surface area contributed by atoms with Crippen LogP contribution >= 0.6 is 0 Å². The number of hydrogen-bond donors (Lipinski definition) is 0. The second-order valence-electron chi connectivity index (χ2n) is 8.81. The summed E-state index contributed by atoms with van der Waals surface area (Å²) in [7, 11) is 0. The lowest BCUT2D eigenvalue weighted by molar-refractivity contribution is -0.164. The maximum absolute atomic E-state index is 12.5. The minimum atomic E-state index is -0.810. The smallest absolute Gasteiger partial charge is 0.343 e. The molecule has 0 radical (unpaired) electrons. The Morgan fingerprint density at radius 3 is 2.27 bits per heavy atom. The first-order valence-corrected chi connectivity index (χ1v) is 12.0. The molecule has 7 nitrogen and oxygen atoms in total. The van der Waals surface area contributed by atoms with Gasteiger partial charge in [0, 0.05) is 5.56 Å². The van der Waals surface area contributed by atoms with Gasteiger partial charge in [0.15, 0.2) is 23.5 Å². The third kappa shape index (κ3) is 7.51. The standard InChI is InChI=1S/C26H36N2O5/c1-5-7-8-9-10-11-16-30-20-14-12-19(13-15-20)24-27-17-21(18-28-24)31-25(29)23-22(6-2)32-26(3,4)33-23/h12-15,17-18,22-23H,5-11,16H2,1-4H3/t22-,23-/m1/s1. The Balaban J connectivity index is 1.48. The fourth-order valence-electron chi connectivity index (χ4n) is 3.80. The second-order valence-corrected chi connectivity index (χ2v) is 8.81. The molecule has 2 heterocycles. The van der Waals surface area contributed by atoms with E-state index < -0.39 is 17.9 Å². The van der Waals surface area contributed by atoms with Crippen molar-refractivity contribution in [3.63, 3.8) is 0 Å². The zero-order valence-electron chi connectivity index (χ0n) is 20.2. The Kier molecular flexibility index (Phi) is 9.21. The summed E-state index contributed by atoms with van der Waals surface area (Å²) in [5, 5.41) is 0. The topological polar surface area (TPSA) is 79.8 Å². The number of hydrogen-bond acceptors (Lipinski definition) is 7. The Hall–Kier alpha value is -2.51. The summed E-state index contributed by atoms with van der Waals surface area (Å²) in [4.78, 5) is 21.2. The van der Waals surface area contributed by atoms with E-state index in [1.807, 2.05) is 31.2 Å². The molecule has 0 saturated carbocycles. The average molecular weight is 457 g/mol. The van der Waals surface area contributed by atoms with E-state index >= 15 is 0 Å². The second kappa shape index (κ2) is 12.1. The van der Waals surface area contributed by atoms with E-state index in [4.69, 9.17) is 18.9 Å². The molecule has 7 heteroatoms. The predicted molar refractivity (Wildman–Crippen MR) is 126 cm³/mol. The number of unbranched alkanes of at least 4 members (excludes halogenated alkanes) is 5. The normalized spacial score (nSPS) is 19.4. The van der Waals surface area contributed by atoms with E-state index in [2.05, 4.69) is 16.9 Å². The molecule has 0 N–H and O–H groups in total. The molecule has 180 valence electrons. The largest absolute Gasteiger partial charge is 0.494 e. The van der Waals surface area contributed by atoms with Gasteiger partial charge < -0.3 is 18.9 Å². The number of nitrogens with zero attached hydrogens (tertiary/aromatic N) is 2. The molecular formula is C26H36N2O5. The number of carbonyl (C=O) groups is 1. The van der Waals surface area contributed by atoms with Gasteiger partial charge in [-0.1, -0.05) is 46.0 Å². The van der Waals surface area contributed by atoms with Crippen LogP contribution in [-0.4, -0.2) is 40.5 Å². The van der Waals surface area contributed by atoms with Crippen LogP contribution in [0.5, 0.6) is 11.5 Å². The van der Waals surface area contributed by atoms with Gasteiger partial charge in [-0.25, -0.2) is 14.8 Å². The summed E-state index contributed by atoms with van der Waals surface area (Å²) in [6.45, 7) is 8.47. The summed E-state index contributed by atoms with van der Waals surface area (Å²) in [5.41, 5.74) is 0.861. The highest BCUT2D eigenvalue weighted by atomic mass is 16.8. The molecule has 0 unspecified atom stereocenters. The van der Waals surface area contributed by atoms with E-state index in [0.29, 0.717) is 12.2 Å². The molecule has 1 aliphatic heterocycles. The Morgan fingerprint density at radius 1 is 0.939 bits per heavy atom. The van der Waals surface area contributed by atoms with E-state index in [-0.39, 0.29) is 11.9 Å². The molecular weight excluding hydrogens is 420 g/mol. The molecule has 33 heavy (non-hydrogen) atoms. The quantitative estimate of drug-likeness (QED) is 0.298. The minimum Gasteiger partial charge on any atom is -0.494 e. The first kappa shape index (κ1) is 25.1. The van der Waals surface area contributed by atoms with E-state index in [1.165, 1.54) is 44.5 Å². The zero-order valence-corrected chi connectivity index (χ0v) is 20.2. The Labute approximate surface area is 196 Å². The molecule has 1 aromatic carbocycles. The SMILES string of the molecule is CCCCCCCCOc1ccc(-c2ncc(OC(=O)[C@@H]3OC(C)(C)O[C@@H]3CC)cn2)cc1. The molecule has 0 aliphatic carbocycles. The molecule has 0 amide bonds. The van der Waals surface area contributed by atoms with Crippen LogP contribution in [-0.2, 0) is 14.3 Å². The van der Waals surface area contributed by atoms with E-state index in [1.54, 1.807) is 13.8 Å². The van der Waals surface area contributed by atoms with Gasteiger partial charge in [0.2, 0.25) is 0 Å². The van der Waals surface area contributed by atoms with Crippen molar-refractivity contribution in [2.24, 2.45) is 0 Å². The molecule has 1 fully saturated rings. The number of rotatable bonds is 12. The lowest BCUT2D eigenvalue weighted by Crippen LogP contribution is -2.34. The number of benzene rings is 1. The number of esters is 1. The fourth-order valence-corrected chi connectivity index (χ4v) is 3.80. The van der Waals surface area contributed by atoms with Crippen molar-refractivity contribution >= 4 is 5.97 Å². The van der Waals surface area contributed by atoms with Crippen LogP contribution in [0, 0.1) is 0 Å². The summed E-state index contributed by atoms with van der Waals surface area (Å²) >= 11 is 0. The summed E-state index contributed by atoms with van der Waals surface area (Å²) in [5.74, 6) is 0.340. The van der Waals surface area contributed by atoms with Gasteiger partial charge in [-0.3, -0.25) is 0 Å². The van der Waals surface area contributed by atoms with Crippen molar-refractivity contribution in [2.45, 2.75) is 90.6 Å². The number of ether oxygens (including phenoxy) is 4. The lowest BCUT2D eigenvalue weighted by Gasteiger charge is -2.16. The van der Waals surface area contributed by atoms with Crippen molar-refractivity contribution in [3.05, 3.63) is 36.7 Å². The van der Waals surface area contributed by atoms with Crippen LogP contribution in [0.1, 0.15) is 72.6 Å². The molecule has 1 aliphatic rings. The molecule has 0 bridgehead atoms. The maximum Gasteiger partial charge on any atom is 0.343 e. The average Bonchev–Trinajstić information content (AvgIpc) is 3.14. The first-order chi connectivity index (χ1) is 15.9. The predicted octanol–water partition coefficient (Wildman–Crippen LogP) is 5.72. The highest BCUT2D eigenvalue weighted by Gasteiger charge is 2.45. The summed E-state index contributed by atoms with van der Waals surface area (Å²) in [6.07, 6.45) is 9.97. The molecule has 1 aromatic heterocycles. The van der Waals surface area contributed by atoms with Gasteiger partial charge in [-0.15, -0.1) is 0 Å². The van der Waals surface area contributed by atoms with Gasteiger partial charge in [0.1, 0.15) is 5.75 Å². The van der Waals surface area contributed by atoms with Crippen LogP contribution in [0.15, 0.2) is 36.7 Å². The number of carbonyl (C=O) groups excluding carboxylic acids is 1. The highest BCUT2D eigenvalue weighted by Crippen LogP contribution is 2.31. The van der Waals surface area contributed by atoms with Crippen molar-refractivity contribution < 1.29 is 23.7 Å². The molecule has 0 spiro atoms. The van der Waals surface area contributed by atoms with Gasteiger partial charge in [0.05, 0.1) is 25.1 Å². The summed E-state index contributed by atoms with van der Waals surface area (Å²) in [6, 6.07) is 7.70. The minimum absolute atomic E-state index is 0.269. The molecule has 1 saturated heterocycles. The van der Waals surface area contributed by atoms with Crippen molar-refractivity contribution in [1.29, 1.82) is 0 Å².